The number of nitrogens with zero attached hydrogens (tertiary/aromatic N) is 2. The van der Waals surface area contributed by atoms with Crippen molar-refractivity contribution in [3.05, 3.63) is 41.7 Å². The molecule has 2 aromatic rings. The molecule has 0 saturated carbocycles. The minimum atomic E-state index is -0.323. The molecule has 0 amide bonds. The van der Waals surface area contributed by atoms with Crippen LogP contribution >= 0.6 is 0 Å². The van der Waals surface area contributed by atoms with Gasteiger partial charge in [-0.25, -0.2) is 9.78 Å². The third-order valence-electron chi connectivity index (χ3n) is 2.80. The maximum atomic E-state index is 11.3. The SMILES string of the molecule is CCn1cc(C)nc1-c1ccc(C(=O)OC)cc1. The third-order valence-corrected chi connectivity index (χ3v) is 2.80. The lowest BCUT2D eigenvalue weighted by molar-refractivity contribution is 0.0601. The first kappa shape index (κ1) is 12.4. The van der Waals surface area contributed by atoms with Gasteiger partial charge >= 0.3 is 5.97 Å². The van der Waals surface area contributed by atoms with Gasteiger partial charge in [-0.3, -0.25) is 0 Å². The molecule has 0 aliphatic carbocycles. The highest BCUT2D eigenvalue weighted by Crippen LogP contribution is 2.19. The number of benzene rings is 1. The van der Waals surface area contributed by atoms with Gasteiger partial charge in [0.1, 0.15) is 5.82 Å². The van der Waals surface area contributed by atoms with Crippen molar-refractivity contribution in [2.75, 3.05) is 7.11 Å². The van der Waals surface area contributed by atoms with E-state index < -0.39 is 0 Å². The summed E-state index contributed by atoms with van der Waals surface area (Å²) in [6, 6.07) is 7.29. The molecule has 2 rings (SSSR count). The summed E-state index contributed by atoms with van der Waals surface area (Å²) >= 11 is 0. The summed E-state index contributed by atoms with van der Waals surface area (Å²) in [6.45, 7) is 4.92. The van der Waals surface area contributed by atoms with Crippen molar-refractivity contribution in [3.63, 3.8) is 0 Å². The van der Waals surface area contributed by atoms with Crippen molar-refractivity contribution in [1.29, 1.82) is 0 Å². The van der Waals surface area contributed by atoms with E-state index in [1.165, 1.54) is 7.11 Å². The van der Waals surface area contributed by atoms with Crippen LogP contribution in [0, 0.1) is 6.92 Å². The van der Waals surface area contributed by atoms with Crippen molar-refractivity contribution >= 4 is 5.97 Å². The Kier molecular flexibility index (Phi) is 3.46. The topological polar surface area (TPSA) is 44.1 Å². The van der Waals surface area contributed by atoms with Gasteiger partial charge in [0.15, 0.2) is 0 Å². The molecule has 0 unspecified atom stereocenters. The first-order chi connectivity index (χ1) is 8.65. The van der Waals surface area contributed by atoms with Gasteiger partial charge in [-0.2, -0.15) is 0 Å². The van der Waals surface area contributed by atoms with Gasteiger partial charge in [0, 0.05) is 18.3 Å². The Bertz CT molecular complexity index is 556. The third kappa shape index (κ3) is 2.27. The average molecular weight is 244 g/mol. The number of carbonyl (C=O) groups excluding carboxylic acids is 1. The summed E-state index contributed by atoms with van der Waals surface area (Å²) in [5, 5.41) is 0. The highest BCUT2D eigenvalue weighted by molar-refractivity contribution is 5.89. The Morgan fingerprint density at radius 3 is 2.56 bits per heavy atom. The zero-order valence-electron chi connectivity index (χ0n) is 10.8. The van der Waals surface area contributed by atoms with Gasteiger partial charge in [0.05, 0.1) is 18.4 Å². The molecule has 0 radical (unpaired) electrons. The minimum absolute atomic E-state index is 0.323. The monoisotopic (exact) mass is 244 g/mol. The summed E-state index contributed by atoms with van der Waals surface area (Å²) in [5.74, 6) is 0.600. The van der Waals surface area contributed by atoms with E-state index in [9.17, 15) is 4.79 Å². The fourth-order valence-corrected chi connectivity index (χ4v) is 1.89. The van der Waals surface area contributed by atoms with Crippen LogP contribution in [0.5, 0.6) is 0 Å². The van der Waals surface area contributed by atoms with E-state index in [1.807, 2.05) is 25.3 Å². The van der Waals surface area contributed by atoms with E-state index in [0.29, 0.717) is 5.56 Å². The van der Waals surface area contributed by atoms with E-state index in [-0.39, 0.29) is 5.97 Å². The lowest BCUT2D eigenvalue weighted by Gasteiger charge is -2.05. The van der Waals surface area contributed by atoms with E-state index in [4.69, 9.17) is 0 Å². The van der Waals surface area contributed by atoms with Crippen LogP contribution in [0.2, 0.25) is 0 Å². The van der Waals surface area contributed by atoms with Crippen molar-refractivity contribution in [1.82, 2.24) is 9.55 Å². The van der Waals surface area contributed by atoms with Gasteiger partial charge in [-0.1, -0.05) is 12.1 Å². The van der Waals surface area contributed by atoms with Crippen LogP contribution in [0.1, 0.15) is 23.0 Å². The molecule has 0 bridgehead atoms. The van der Waals surface area contributed by atoms with Crippen LogP contribution in [0.3, 0.4) is 0 Å². The number of methoxy groups -OCH3 is 1. The van der Waals surface area contributed by atoms with E-state index in [2.05, 4.69) is 21.2 Å². The first-order valence-corrected chi connectivity index (χ1v) is 5.88. The number of hydrogen-bond acceptors (Lipinski definition) is 3. The Balaban J connectivity index is 2.36. The number of esters is 1. The number of rotatable bonds is 3. The molecule has 1 heterocycles. The van der Waals surface area contributed by atoms with E-state index >= 15 is 0 Å². The second-order valence-electron chi connectivity index (χ2n) is 4.06. The second-order valence-corrected chi connectivity index (χ2v) is 4.06. The zero-order valence-corrected chi connectivity index (χ0v) is 10.8. The quantitative estimate of drug-likeness (QED) is 0.780. The predicted octanol–water partition coefficient (Wildman–Crippen LogP) is 2.67. The number of ether oxygens (including phenoxy) is 1. The van der Waals surface area contributed by atoms with Crippen molar-refractivity contribution in [2.24, 2.45) is 0 Å². The smallest absolute Gasteiger partial charge is 0.337 e. The maximum absolute atomic E-state index is 11.3. The van der Waals surface area contributed by atoms with Crippen LogP contribution < -0.4 is 0 Å². The summed E-state index contributed by atoms with van der Waals surface area (Å²) in [5.41, 5.74) is 2.54. The van der Waals surface area contributed by atoms with Crippen LogP contribution in [0.25, 0.3) is 11.4 Å². The molecular weight excluding hydrogens is 228 g/mol. The maximum Gasteiger partial charge on any atom is 0.337 e. The molecule has 4 heteroatoms. The Labute approximate surface area is 106 Å². The summed E-state index contributed by atoms with van der Waals surface area (Å²) in [4.78, 5) is 15.8. The van der Waals surface area contributed by atoms with Crippen LogP contribution in [-0.4, -0.2) is 22.6 Å². The molecule has 1 aromatic carbocycles. The van der Waals surface area contributed by atoms with Gasteiger partial charge < -0.3 is 9.30 Å². The van der Waals surface area contributed by atoms with Crippen molar-refractivity contribution in [2.45, 2.75) is 20.4 Å². The number of aryl methyl sites for hydroxylation is 2. The van der Waals surface area contributed by atoms with Crippen LogP contribution in [0.15, 0.2) is 30.5 Å². The molecule has 1 aromatic heterocycles. The lowest BCUT2D eigenvalue weighted by atomic mass is 10.1. The van der Waals surface area contributed by atoms with E-state index in [0.717, 1.165) is 23.6 Å². The standard InChI is InChI=1S/C14H16N2O2/c1-4-16-9-10(2)15-13(16)11-5-7-12(8-6-11)14(17)18-3/h5-9H,4H2,1-3H3. The largest absolute Gasteiger partial charge is 0.465 e. The molecule has 0 spiro atoms. The number of aromatic nitrogens is 2. The molecule has 0 atom stereocenters. The number of carbonyl (C=O) groups is 1. The molecule has 94 valence electrons. The number of hydrogen-bond donors (Lipinski definition) is 0. The predicted molar refractivity (Wildman–Crippen MR) is 69.4 cm³/mol. The summed E-state index contributed by atoms with van der Waals surface area (Å²) in [6.07, 6.45) is 2.02. The van der Waals surface area contributed by atoms with E-state index in [1.54, 1.807) is 12.1 Å². The minimum Gasteiger partial charge on any atom is -0.465 e. The van der Waals surface area contributed by atoms with Gasteiger partial charge in [0.25, 0.3) is 0 Å². The first-order valence-electron chi connectivity index (χ1n) is 5.88. The van der Waals surface area contributed by atoms with Gasteiger partial charge in [-0.05, 0) is 26.0 Å². The Morgan fingerprint density at radius 2 is 2.00 bits per heavy atom. The number of imidazole rings is 1. The fourth-order valence-electron chi connectivity index (χ4n) is 1.89. The van der Waals surface area contributed by atoms with Crippen molar-refractivity contribution < 1.29 is 9.53 Å². The lowest BCUT2D eigenvalue weighted by Crippen LogP contribution is -2.01. The molecule has 0 saturated heterocycles. The zero-order chi connectivity index (χ0) is 13.1. The van der Waals surface area contributed by atoms with Crippen LogP contribution in [0.4, 0.5) is 0 Å². The average Bonchev–Trinajstić information content (AvgIpc) is 2.79. The normalized spacial score (nSPS) is 10.4. The molecule has 0 aliphatic heterocycles. The molecular formula is C14H16N2O2. The summed E-state index contributed by atoms with van der Waals surface area (Å²) < 4.78 is 6.76. The highest BCUT2D eigenvalue weighted by atomic mass is 16.5. The Morgan fingerprint density at radius 1 is 1.33 bits per heavy atom. The second kappa shape index (κ2) is 5.04. The van der Waals surface area contributed by atoms with Crippen LogP contribution in [-0.2, 0) is 11.3 Å². The summed E-state index contributed by atoms with van der Waals surface area (Å²) in [7, 11) is 1.38. The van der Waals surface area contributed by atoms with Crippen molar-refractivity contribution in [3.8, 4) is 11.4 Å². The Hall–Kier alpha value is -2.10. The molecule has 4 nitrogen and oxygen atoms in total. The molecule has 18 heavy (non-hydrogen) atoms. The molecule has 0 fully saturated rings. The van der Waals surface area contributed by atoms with Gasteiger partial charge in [-0.15, -0.1) is 0 Å². The highest BCUT2D eigenvalue weighted by Gasteiger charge is 2.09. The molecule has 0 aliphatic rings. The molecule has 0 N–H and O–H groups in total. The fraction of sp³-hybridized carbons (Fsp3) is 0.286. The van der Waals surface area contributed by atoms with Gasteiger partial charge in [0.2, 0.25) is 0 Å².